The predicted molar refractivity (Wildman–Crippen MR) is 59.0 cm³/mol. The van der Waals surface area contributed by atoms with E-state index in [1.165, 1.54) is 0 Å². The lowest BCUT2D eigenvalue weighted by Gasteiger charge is -2.31. The topological polar surface area (TPSA) is 38.2 Å². The van der Waals surface area contributed by atoms with Gasteiger partial charge in [-0.15, -0.1) is 0 Å². The third-order valence-electron chi connectivity index (χ3n) is 2.84. The van der Waals surface area contributed by atoms with Gasteiger partial charge in [-0.25, -0.2) is 9.97 Å². The quantitative estimate of drug-likeness (QED) is 0.734. The van der Waals surface area contributed by atoms with E-state index in [0.29, 0.717) is 6.10 Å². The zero-order valence-corrected chi connectivity index (χ0v) is 9.31. The molecule has 0 aromatic carbocycles. The molecule has 0 amide bonds. The summed E-state index contributed by atoms with van der Waals surface area (Å²) in [5.74, 6) is 0.851. The zero-order valence-electron chi connectivity index (χ0n) is 9.31. The maximum Gasteiger partial charge on any atom is 0.225 e. The number of methoxy groups -OCH3 is 1. The molecule has 82 valence electrons. The molecule has 1 aromatic heterocycles. The van der Waals surface area contributed by atoms with Gasteiger partial charge in [-0.1, -0.05) is 0 Å². The Balaban J connectivity index is 2.01. The van der Waals surface area contributed by atoms with Gasteiger partial charge < -0.3 is 9.64 Å². The van der Waals surface area contributed by atoms with Gasteiger partial charge in [-0.05, 0) is 25.8 Å². The molecule has 1 aliphatic rings. The molecule has 4 nitrogen and oxygen atoms in total. The first kappa shape index (κ1) is 10.4. The summed E-state index contributed by atoms with van der Waals surface area (Å²) in [6, 6.07) is 1.92. The van der Waals surface area contributed by atoms with E-state index < -0.39 is 0 Å². The third-order valence-corrected chi connectivity index (χ3v) is 2.84. The molecule has 15 heavy (non-hydrogen) atoms. The summed E-state index contributed by atoms with van der Waals surface area (Å²) in [6.45, 7) is 3.97. The zero-order chi connectivity index (χ0) is 10.7. The first-order chi connectivity index (χ1) is 7.29. The molecule has 0 aliphatic carbocycles. The summed E-state index contributed by atoms with van der Waals surface area (Å²) in [4.78, 5) is 10.9. The van der Waals surface area contributed by atoms with Gasteiger partial charge in [0.15, 0.2) is 0 Å². The van der Waals surface area contributed by atoms with Crippen LogP contribution in [0.2, 0.25) is 0 Å². The second-order valence-corrected chi connectivity index (χ2v) is 3.92. The van der Waals surface area contributed by atoms with Crippen LogP contribution in [0.3, 0.4) is 0 Å². The van der Waals surface area contributed by atoms with E-state index in [2.05, 4.69) is 14.9 Å². The molecular weight excluding hydrogens is 190 g/mol. The number of aromatic nitrogens is 2. The van der Waals surface area contributed by atoms with Crippen molar-refractivity contribution in [2.45, 2.75) is 25.9 Å². The molecule has 1 fully saturated rings. The molecule has 0 atom stereocenters. The Morgan fingerprint density at radius 1 is 1.40 bits per heavy atom. The Kier molecular flexibility index (Phi) is 3.16. The molecule has 0 radical (unpaired) electrons. The third kappa shape index (κ3) is 2.45. The van der Waals surface area contributed by atoms with E-state index in [4.69, 9.17) is 4.74 Å². The molecule has 2 rings (SSSR count). The van der Waals surface area contributed by atoms with Crippen molar-refractivity contribution in [3.63, 3.8) is 0 Å². The van der Waals surface area contributed by atoms with Crippen LogP contribution in [0.1, 0.15) is 18.5 Å². The second-order valence-electron chi connectivity index (χ2n) is 3.92. The van der Waals surface area contributed by atoms with Crippen LogP contribution in [0.15, 0.2) is 12.3 Å². The Morgan fingerprint density at radius 2 is 2.13 bits per heavy atom. The maximum absolute atomic E-state index is 5.33. The minimum Gasteiger partial charge on any atom is -0.381 e. The van der Waals surface area contributed by atoms with Crippen molar-refractivity contribution < 1.29 is 4.74 Å². The van der Waals surface area contributed by atoms with E-state index in [0.717, 1.165) is 37.6 Å². The van der Waals surface area contributed by atoms with Gasteiger partial charge in [0.1, 0.15) is 0 Å². The predicted octanol–water partition coefficient (Wildman–Crippen LogP) is 1.40. The van der Waals surface area contributed by atoms with Gasteiger partial charge in [0.25, 0.3) is 0 Å². The van der Waals surface area contributed by atoms with Gasteiger partial charge in [0.2, 0.25) is 5.95 Å². The van der Waals surface area contributed by atoms with Crippen molar-refractivity contribution >= 4 is 5.95 Å². The molecule has 0 unspecified atom stereocenters. The smallest absolute Gasteiger partial charge is 0.225 e. The monoisotopic (exact) mass is 207 g/mol. The SMILES string of the molecule is COC1CCN(c2nccc(C)n2)CC1. The number of aryl methyl sites for hydroxylation is 1. The van der Waals surface area contributed by atoms with Crippen molar-refractivity contribution in [1.29, 1.82) is 0 Å². The van der Waals surface area contributed by atoms with Crippen molar-refractivity contribution in [2.75, 3.05) is 25.1 Å². The lowest BCUT2D eigenvalue weighted by Crippen LogP contribution is -2.37. The Bertz CT molecular complexity index is 321. The molecule has 2 heterocycles. The Labute approximate surface area is 90.3 Å². The number of piperidine rings is 1. The molecule has 0 saturated carbocycles. The van der Waals surface area contributed by atoms with Crippen LogP contribution in [0.4, 0.5) is 5.95 Å². The van der Waals surface area contributed by atoms with Gasteiger partial charge >= 0.3 is 0 Å². The first-order valence-corrected chi connectivity index (χ1v) is 5.37. The minimum absolute atomic E-state index is 0.408. The number of nitrogens with zero attached hydrogens (tertiary/aromatic N) is 3. The highest BCUT2D eigenvalue weighted by Crippen LogP contribution is 2.17. The molecule has 0 spiro atoms. The number of ether oxygens (including phenoxy) is 1. The molecule has 0 N–H and O–H groups in total. The number of rotatable bonds is 2. The molecule has 1 aromatic rings. The van der Waals surface area contributed by atoms with E-state index in [1.807, 2.05) is 19.2 Å². The summed E-state index contributed by atoms with van der Waals surface area (Å²) in [5.41, 5.74) is 1.02. The standard InChI is InChI=1S/C11H17N3O/c1-9-3-6-12-11(13-9)14-7-4-10(15-2)5-8-14/h3,6,10H,4-5,7-8H2,1-2H3. The highest BCUT2D eigenvalue weighted by molar-refractivity contribution is 5.30. The van der Waals surface area contributed by atoms with Crippen LogP contribution >= 0.6 is 0 Å². The summed E-state index contributed by atoms with van der Waals surface area (Å²) in [6.07, 6.45) is 4.35. The maximum atomic E-state index is 5.33. The number of hydrogen-bond acceptors (Lipinski definition) is 4. The summed E-state index contributed by atoms with van der Waals surface area (Å²) in [7, 11) is 1.78. The van der Waals surface area contributed by atoms with Crippen LogP contribution in [-0.2, 0) is 4.74 Å². The van der Waals surface area contributed by atoms with Crippen LogP contribution in [-0.4, -0.2) is 36.3 Å². The lowest BCUT2D eigenvalue weighted by atomic mass is 10.1. The second kappa shape index (κ2) is 4.57. The van der Waals surface area contributed by atoms with Gasteiger partial charge in [0.05, 0.1) is 6.10 Å². The fourth-order valence-electron chi connectivity index (χ4n) is 1.88. The van der Waals surface area contributed by atoms with E-state index in [-0.39, 0.29) is 0 Å². The van der Waals surface area contributed by atoms with Crippen LogP contribution in [0, 0.1) is 6.92 Å². The van der Waals surface area contributed by atoms with Gasteiger partial charge in [0, 0.05) is 32.1 Å². The van der Waals surface area contributed by atoms with Crippen molar-refractivity contribution in [3.05, 3.63) is 18.0 Å². The van der Waals surface area contributed by atoms with Gasteiger partial charge in [-0.3, -0.25) is 0 Å². The first-order valence-electron chi connectivity index (χ1n) is 5.37. The number of anilines is 1. The highest BCUT2D eigenvalue weighted by Gasteiger charge is 2.20. The fourth-order valence-corrected chi connectivity index (χ4v) is 1.88. The highest BCUT2D eigenvalue weighted by atomic mass is 16.5. The average Bonchev–Trinajstić information content (AvgIpc) is 2.29. The van der Waals surface area contributed by atoms with E-state index in [9.17, 15) is 0 Å². The average molecular weight is 207 g/mol. The van der Waals surface area contributed by atoms with E-state index in [1.54, 1.807) is 7.11 Å². The molecule has 1 saturated heterocycles. The van der Waals surface area contributed by atoms with Crippen molar-refractivity contribution in [1.82, 2.24) is 9.97 Å². The van der Waals surface area contributed by atoms with Crippen LogP contribution < -0.4 is 4.90 Å². The normalized spacial score (nSPS) is 18.1. The molecular formula is C11H17N3O. The van der Waals surface area contributed by atoms with Crippen molar-refractivity contribution in [2.24, 2.45) is 0 Å². The Hall–Kier alpha value is -1.16. The number of hydrogen-bond donors (Lipinski definition) is 0. The fraction of sp³-hybridized carbons (Fsp3) is 0.636. The van der Waals surface area contributed by atoms with Gasteiger partial charge in [-0.2, -0.15) is 0 Å². The summed E-state index contributed by atoms with van der Waals surface area (Å²) in [5, 5.41) is 0. The lowest BCUT2D eigenvalue weighted by molar-refractivity contribution is 0.0816. The minimum atomic E-state index is 0.408. The Morgan fingerprint density at radius 3 is 2.73 bits per heavy atom. The van der Waals surface area contributed by atoms with E-state index >= 15 is 0 Å². The van der Waals surface area contributed by atoms with Crippen LogP contribution in [0.25, 0.3) is 0 Å². The summed E-state index contributed by atoms with van der Waals surface area (Å²) < 4.78 is 5.33. The summed E-state index contributed by atoms with van der Waals surface area (Å²) >= 11 is 0. The van der Waals surface area contributed by atoms with Crippen LogP contribution in [0.5, 0.6) is 0 Å². The molecule has 0 bridgehead atoms. The largest absolute Gasteiger partial charge is 0.381 e. The molecule has 4 heteroatoms. The van der Waals surface area contributed by atoms with Crippen molar-refractivity contribution in [3.8, 4) is 0 Å². The molecule has 1 aliphatic heterocycles.